The van der Waals surface area contributed by atoms with Gasteiger partial charge in [-0.2, -0.15) is 13.2 Å². The van der Waals surface area contributed by atoms with Crippen LogP contribution in [0.2, 0.25) is 0 Å². The molecule has 0 aliphatic carbocycles. The predicted molar refractivity (Wildman–Crippen MR) is 137 cm³/mol. The Kier molecular flexibility index (Phi) is 7.06. The normalized spacial score (nSPS) is 17.2. The molecule has 2 aromatic rings. The molecule has 2 aromatic carbocycles. The Hall–Kier alpha value is -2.72. The van der Waals surface area contributed by atoms with Gasteiger partial charge in [0.2, 0.25) is 0 Å². The zero-order chi connectivity index (χ0) is 25.4. The monoisotopic (exact) mass is 510 g/mol. The van der Waals surface area contributed by atoms with Gasteiger partial charge >= 0.3 is 6.18 Å². The molecule has 0 atom stereocenters. The molecule has 0 bridgehead atoms. The number of piperazine rings is 1. The van der Waals surface area contributed by atoms with Crippen molar-refractivity contribution in [3.05, 3.63) is 53.3 Å². The number of halogens is 4. The van der Waals surface area contributed by atoms with Crippen molar-refractivity contribution in [3.8, 4) is 0 Å². The maximum Gasteiger partial charge on any atom is 0.416 e. The van der Waals surface area contributed by atoms with E-state index in [1.165, 1.54) is 0 Å². The molecule has 1 N–H and O–H groups in total. The summed E-state index contributed by atoms with van der Waals surface area (Å²) in [5.41, 5.74) is 0.579. The van der Waals surface area contributed by atoms with Crippen molar-refractivity contribution in [2.45, 2.75) is 23.9 Å². The molecule has 10 heteroatoms. The summed E-state index contributed by atoms with van der Waals surface area (Å²) < 4.78 is 56.2. The van der Waals surface area contributed by atoms with E-state index in [1.54, 1.807) is 16.8 Å². The molecule has 2 aliphatic rings. The molecule has 0 radical (unpaired) electrons. The summed E-state index contributed by atoms with van der Waals surface area (Å²) in [4.78, 5) is 20.1. The molecule has 2 fully saturated rings. The lowest BCUT2D eigenvalue weighted by atomic mass is 10.1. The predicted octanol–water partition coefficient (Wildman–Crippen LogP) is 4.57. The number of anilines is 2. The van der Waals surface area contributed by atoms with Crippen LogP contribution in [0.15, 0.2) is 41.3 Å². The summed E-state index contributed by atoms with van der Waals surface area (Å²) in [7, 11) is 0.0383. The fraction of sp³-hybridized carbons (Fsp3) is 0.400. The highest BCUT2D eigenvalue weighted by molar-refractivity contribution is 8.26. The first-order valence-electron chi connectivity index (χ1n) is 11.5. The summed E-state index contributed by atoms with van der Waals surface area (Å²) in [5.74, 6) is 7.33. The fourth-order valence-corrected chi connectivity index (χ4v) is 5.45. The molecular formula is C25H30F4N4OS. The first-order chi connectivity index (χ1) is 16.5. The van der Waals surface area contributed by atoms with Crippen LogP contribution in [0.1, 0.15) is 28.8 Å². The Labute approximate surface area is 203 Å². The number of alkyl halides is 3. The molecule has 2 saturated heterocycles. The first kappa shape index (κ1) is 25.4. The van der Waals surface area contributed by atoms with Gasteiger partial charge in [-0.1, -0.05) is 11.7 Å². The fourth-order valence-electron chi connectivity index (χ4n) is 4.54. The van der Waals surface area contributed by atoms with Crippen molar-refractivity contribution in [1.82, 2.24) is 9.62 Å². The minimum atomic E-state index is -4.60. The molecular weight excluding hydrogens is 480 g/mol. The SMILES string of the molecule is C=S(=C)(NC)c1ccc(N2CCCC2)c(C(=O)N2CCN(c3ccc(C(F)(F)F)cc3F)CC2)c1. The summed E-state index contributed by atoms with van der Waals surface area (Å²) in [5, 5.41) is 0. The van der Waals surface area contributed by atoms with E-state index in [2.05, 4.69) is 21.4 Å². The lowest BCUT2D eigenvalue weighted by Crippen LogP contribution is -2.49. The van der Waals surface area contributed by atoms with Crippen LogP contribution in [0.5, 0.6) is 0 Å². The molecule has 190 valence electrons. The molecule has 0 spiro atoms. The second-order valence-corrected chi connectivity index (χ2v) is 11.6. The van der Waals surface area contributed by atoms with Crippen LogP contribution >= 0.6 is 9.39 Å². The summed E-state index contributed by atoms with van der Waals surface area (Å²) >= 11 is 0. The van der Waals surface area contributed by atoms with E-state index >= 15 is 0 Å². The number of hydrogen-bond donors (Lipinski definition) is 1. The highest BCUT2D eigenvalue weighted by Gasteiger charge is 2.32. The van der Waals surface area contributed by atoms with Crippen LogP contribution in [0.3, 0.4) is 0 Å². The number of hydrogen-bond acceptors (Lipinski definition) is 4. The van der Waals surface area contributed by atoms with Crippen molar-refractivity contribution in [2.24, 2.45) is 0 Å². The molecule has 2 aliphatic heterocycles. The summed E-state index contributed by atoms with van der Waals surface area (Å²) in [6, 6.07) is 8.39. The Balaban J connectivity index is 1.54. The lowest BCUT2D eigenvalue weighted by molar-refractivity contribution is -0.137. The van der Waals surface area contributed by atoms with Crippen LogP contribution < -0.4 is 14.5 Å². The van der Waals surface area contributed by atoms with E-state index in [0.717, 1.165) is 48.6 Å². The van der Waals surface area contributed by atoms with Gasteiger partial charge in [0.1, 0.15) is 5.82 Å². The van der Waals surface area contributed by atoms with Gasteiger partial charge in [0.05, 0.1) is 16.8 Å². The van der Waals surface area contributed by atoms with Gasteiger partial charge in [-0.05, 0) is 56.3 Å². The smallest absolute Gasteiger partial charge is 0.371 e. The quantitative estimate of drug-likeness (QED) is 0.473. The molecule has 5 nitrogen and oxygen atoms in total. The average molecular weight is 511 g/mol. The molecule has 0 aromatic heterocycles. The maximum absolute atomic E-state index is 14.5. The van der Waals surface area contributed by atoms with Crippen LogP contribution in [0, 0.1) is 5.82 Å². The standard InChI is InChI=1S/C25H30F4N4OS/c1-30-35(2,3)19-7-9-22(31-10-4-5-11-31)20(17-19)24(34)33-14-12-32(13-15-33)23-8-6-18(16-21(23)26)25(27,28)29/h6-9,16-17,30H,2-5,10-15H2,1H3. The Morgan fingerprint density at radius 1 is 0.914 bits per heavy atom. The number of benzene rings is 2. The van der Waals surface area contributed by atoms with Crippen molar-refractivity contribution < 1.29 is 22.4 Å². The lowest BCUT2D eigenvalue weighted by Gasteiger charge is -2.37. The van der Waals surface area contributed by atoms with E-state index in [9.17, 15) is 22.4 Å². The minimum Gasteiger partial charge on any atom is -0.371 e. The van der Waals surface area contributed by atoms with Gasteiger partial charge in [-0.15, -0.1) is 9.39 Å². The number of carbonyl (C=O) groups excluding carboxylic acids is 1. The van der Waals surface area contributed by atoms with Gasteiger partial charge in [-0.25, -0.2) is 4.39 Å². The Morgan fingerprint density at radius 3 is 2.09 bits per heavy atom. The van der Waals surface area contributed by atoms with E-state index in [4.69, 9.17) is 0 Å². The van der Waals surface area contributed by atoms with Crippen molar-refractivity contribution in [3.63, 3.8) is 0 Å². The van der Waals surface area contributed by atoms with Gasteiger partial charge in [0.25, 0.3) is 5.91 Å². The molecule has 0 saturated carbocycles. The molecule has 0 unspecified atom stereocenters. The second-order valence-electron chi connectivity index (χ2n) is 8.90. The molecule has 1 amide bonds. The van der Waals surface area contributed by atoms with Crippen molar-refractivity contribution in [1.29, 1.82) is 0 Å². The topological polar surface area (TPSA) is 38.8 Å². The average Bonchev–Trinajstić information content (AvgIpc) is 3.37. The highest BCUT2D eigenvalue weighted by atomic mass is 32.2. The van der Waals surface area contributed by atoms with E-state index in [0.29, 0.717) is 37.8 Å². The number of rotatable bonds is 5. The van der Waals surface area contributed by atoms with Gasteiger partial charge < -0.3 is 14.7 Å². The second kappa shape index (κ2) is 9.73. The third-order valence-corrected chi connectivity index (χ3v) is 8.61. The van der Waals surface area contributed by atoms with Crippen LogP contribution in [-0.2, 0) is 6.18 Å². The van der Waals surface area contributed by atoms with Crippen LogP contribution in [0.25, 0.3) is 0 Å². The van der Waals surface area contributed by atoms with E-state index < -0.39 is 26.9 Å². The highest BCUT2D eigenvalue weighted by Crippen LogP contribution is 2.35. The number of carbonyl (C=O) groups is 1. The Morgan fingerprint density at radius 2 is 1.51 bits per heavy atom. The maximum atomic E-state index is 14.5. The summed E-state index contributed by atoms with van der Waals surface area (Å²) in [6.45, 7) is 3.09. The van der Waals surface area contributed by atoms with Crippen molar-refractivity contribution >= 4 is 38.4 Å². The summed E-state index contributed by atoms with van der Waals surface area (Å²) in [6.07, 6.45) is -2.45. The number of nitrogens with zero attached hydrogens (tertiary/aromatic N) is 3. The van der Waals surface area contributed by atoms with Gasteiger partial charge in [0.15, 0.2) is 0 Å². The van der Waals surface area contributed by atoms with Crippen LogP contribution in [-0.4, -0.2) is 68.9 Å². The minimum absolute atomic E-state index is 0.112. The third-order valence-electron chi connectivity index (χ3n) is 6.67. The van der Waals surface area contributed by atoms with Gasteiger partial charge in [-0.3, -0.25) is 9.52 Å². The van der Waals surface area contributed by atoms with E-state index in [-0.39, 0.29) is 11.6 Å². The third kappa shape index (κ3) is 5.28. The van der Waals surface area contributed by atoms with Gasteiger partial charge in [0, 0.05) is 49.9 Å². The Bertz CT molecular complexity index is 1200. The largest absolute Gasteiger partial charge is 0.416 e. The number of nitrogens with one attached hydrogen (secondary N) is 1. The number of amides is 1. The zero-order valence-corrected chi connectivity index (χ0v) is 20.5. The zero-order valence-electron chi connectivity index (χ0n) is 19.7. The van der Waals surface area contributed by atoms with E-state index in [1.807, 2.05) is 18.2 Å². The molecule has 4 rings (SSSR count). The molecule has 35 heavy (non-hydrogen) atoms. The first-order valence-corrected chi connectivity index (χ1v) is 13.5. The van der Waals surface area contributed by atoms with Crippen molar-refractivity contribution in [2.75, 3.05) is 56.1 Å². The van der Waals surface area contributed by atoms with Crippen LogP contribution in [0.4, 0.5) is 28.9 Å². The molecule has 2 heterocycles.